The van der Waals surface area contributed by atoms with Crippen molar-refractivity contribution in [1.82, 2.24) is 0 Å². The number of allylic oxidation sites excluding steroid dienone is 9. The van der Waals surface area contributed by atoms with Gasteiger partial charge >= 0.3 is 0 Å². The van der Waals surface area contributed by atoms with Crippen LogP contribution in [0.2, 0.25) is 0 Å². The maximum Gasteiger partial charge on any atom is 0.0207 e. The Kier molecular flexibility index (Phi) is 3.39. The third-order valence-corrected chi connectivity index (χ3v) is 3.04. The van der Waals surface area contributed by atoms with Gasteiger partial charge in [-0.3, -0.25) is 0 Å². The second-order valence-electron chi connectivity index (χ2n) is 4.14. The lowest BCUT2D eigenvalue weighted by Crippen LogP contribution is -1.96. The number of hydrogen-bond acceptors (Lipinski definition) is 0. The summed E-state index contributed by atoms with van der Waals surface area (Å²) in [6, 6.07) is 0. The molecule has 2 rings (SSSR count). The summed E-state index contributed by atoms with van der Waals surface area (Å²) in [6.45, 7) is 3.75. The van der Waals surface area contributed by atoms with Gasteiger partial charge in [0.25, 0.3) is 0 Å². The fourth-order valence-electron chi connectivity index (χ4n) is 2.19. The average molecular weight is 198 g/mol. The molecule has 15 heavy (non-hydrogen) atoms. The van der Waals surface area contributed by atoms with Gasteiger partial charge in [0.1, 0.15) is 0 Å². The van der Waals surface area contributed by atoms with Crippen LogP contribution in [0.4, 0.5) is 0 Å². The summed E-state index contributed by atoms with van der Waals surface area (Å²) in [5, 5.41) is 0. The molecule has 0 heteroatoms. The van der Waals surface area contributed by atoms with Gasteiger partial charge in [0.2, 0.25) is 0 Å². The summed E-state index contributed by atoms with van der Waals surface area (Å²) in [5.74, 6) is 0.560. The Morgan fingerprint density at radius 3 is 2.93 bits per heavy atom. The Morgan fingerprint density at radius 1 is 1.13 bits per heavy atom. The van der Waals surface area contributed by atoms with Crippen LogP contribution in [0.5, 0.6) is 0 Å². The Morgan fingerprint density at radius 2 is 2.07 bits per heavy atom. The Bertz CT molecular complexity index is 350. The SMILES string of the molecule is C=CCCCCC1=C2C=CC=CC2C=C1. The minimum atomic E-state index is 0.560. The van der Waals surface area contributed by atoms with Gasteiger partial charge in [0.05, 0.1) is 0 Å². The molecule has 0 heterocycles. The summed E-state index contributed by atoms with van der Waals surface area (Å²) in [5.41, 5.74) is 3.04. The minimum Gasteiger partial charge on any atom is -0.103 e. The highest BCUT2D eigenvalue weighted by atomic mass is 14.2. The smallest absolute Gasteiger partial charge is 0.0207 e. The van der Waals surface area contributed by atoms with Gasteiger partial charge < -0.3 is 0 Å². The summed E-state index contributed by atoms with van der Waals surface area (Å²) in [6.07, 6.45) is 20.3. The van der Waals surface area contributed by atoms with Crippen molar-refractivity contribution in [3.63, 3.8) is 0 Å². The summed E-state index contributed by atoms with van der Waals surface area (Å²) >= 11 is 0. The molecule has 0 bridgehead atoms. The molecule has 0 aromatic rings. The quantitative estimate of drug-likeness (QED) is 0.455. The highest BCUT2D eigenvalue weighted by Crippen LogP contribution is 2.32. The van der Waals surface area contributed by atoms with Gasteiger partial charge in [-0.2, -0.15) is 0 Å². The maximum absolute atomic E-state index is 3.75. The molecule has 0 aliphatic heterocycles. The molecular weight excluding hydrogens is 180 g/mol. The van der Waals surface area contributed by atoms with Crippen LogP contribution >= 0.6 is 0 Å². The first-order valence-corrected chi connectivity index (χ1v) is 5.79. The van der Waals surface area contributed by atoms with Gasteiger partial charge in [-0.15, -0.1) is 6.58 Å². The van der Waals surface area contributed by atoms with Gasteiger partial charge in [0, 0.05) is 5.92 Å². The van der Waals surface area contributed by atoms with Gasteiger partial charge in [-0.25, -0.2) is 0 Å². The highest BCUT2D eigenvalue weighted by Gasteiger charge is 2.16. The molecule has 0 aromatic heterocycles. The Balaban J connectivity index is 1.92. The van der Waals surface area contributed by atoms with Gasteiger partial charge in [0.15, 0.2) is 0 Å². The van der Waals surface area contributed by atoms with Crippen LogP contribution in [0.15, 0.2) is 60.3 Å². The second kappa shape index (κ2) is 4.97. The van der Waals surface area contributed by atoms with Crippen LogP contribution in [0.1, 0.15) is 25.7 Å². The lowest BCUT2D eigenvalue weighted by Gasteiger charge is -2.10. The number of fused-ring (bicyclic) bond motifs is 1. The first kappa shape index (κ1) is 10.2. The zero-order valence-corrected chi connectivity index (χ0v) is 9.15. The van der Waals surface area contributed by atoms with Crippen molar-refractivity contribution in [3.05, 3.63) is 60.3 Å². The van der Waals surface area contributed by atoms with E-state index in [2.05, 4.69) is 43.0 Å². The fourth-order valence-corrected chi connectivity index (χ4v) is 2.19. The number of rotatable bonds is 5. The van der Waals surface area contributed by atoms with Gasteiger partial charge in [-0.05, 0) is 36.8 Å². The summed E-state index contributed by atoms with van der Waals surface area (Å²) in [4.78, 5) is 0. The molecule has 2 aliphatic rings. The maximum atomic E-state index is 3.75. The topological polar surface area (TPSA) is 0 Å². The van der Waals surface area contributed by atoms with E-state index in [0.717, 1.165) is 6.42 Å². The standard InChI is InChI=1S/C15H18/c1-2-3-4-5-8-13-11-12-14-9-6-7-10-15(13)14/h2,6-7,9-12,14H,1,3-5,8H2. The van der Waals surface area contributed by atoms with Crippen molar-refractivity contribution in [3.8, 4) is 0 Å². The van der Waals surface area contributed by atoms with Crippen molar-refractivity contribution < 1.29 is 0 Å². The van der Waals surface area contributed by atoms with Crippen molar-refractivity contribution in [2.24, 2.45) is 5.92 Å². The monoisotopic (exact) mass is 198 g/mol. The van der Waals surface area contributed by atoms with E-state index in [1.54, 1.807) is 0 Å². The molecular formula is C15H18. The van der Waals surface area contributed by atoms with Crippen molar-refractivity contribution in [2.75, 3.05) is 0 Å². The molecule has 2 aliphatic carbocycles. The predicted molar refractivity (Wildman–Crippen MR) is 66.6 cm³/mol. The van der Waals surface area contributed by atoms with Crippen LogP contribution < -0.4 is 0 Å². The third kappa shape index (κ3) is 2.38. The molecule has 78 valence electrons. The van der Waals surface area contributed by atoms with E-state index >= 15 is 0 Å². The molecule has 0 saturated carbocycles. The molecule has 0 saturated heterocycles. The molecule has 0 radical (unpaired) electrons. The van der Waals surface area contributed by atoms with Crippen LogP contribution in [0, 0.1) is 5.92 Å². The third-order valence-electron chi connectivity index (χ3n) is 3.04. The van der Waals surface area contributed by atoms with Crippen molar-refractivity contribution >= 4 is 0 Å². The molecule has 1 atom stereocenters. The highest BCUT2D eigenvalue weighted by molar-refractivity contribution is 5.48. The molecule has 0 spiro atoms. The predicted octanol–water partition coefficient (Wildman–Crippen LogP) is 4.34. The van der Waals surface area contributed by atoms with E-state index in [9.17, 15) is 0 Å². The first-order valence-electron chi connectivity index (χ1n) is 5.79. The second-order valence-corrected chi connectivity index (χ2v) is 4.14. The van der Waals surface area contributed by atoms with Crippen LogP contribution in [-0.4, -0.2) is 0 Å². The molecule has 1 unspecified atom stereocenters. The molecule has 0 N–H and O–H groups in total. The van der Waals surface area contributed by atoms with E-state index in [0.29, 0.717) is 5.92 Å². The summed E-state index contributed by atoms with van der Waals surface area (Å²) in [7, 11) is 0. The molecule has 0 nitrogen and oxygen atoms in total. The van der Waals surface area contributed by atoms with E-state index in [1.807, 2.05) is 6.08 Å². The minimum absolute atomic E-state index is 0.560. The lowest BCUT2D eigenvalue weighted by atomic mass is 9.94. The average Bonchev–Trinajstić information content (AvgIpc) is 2.68. The zero-order chi connectivity index (χ0) is 10.5. The number of hydrogen-bond donors (Lipinski definition) is 0. The normalized spacial score (nSPS) is 22.3. The van der Waals surface area contributed by atoms with E-state index in [4.69, 9.17) is 0 Å². The first-order chi connectivity index (χ1) is 7.42. The van der Waals surface area contributed by atoms with Crippen molar-refractivity contribution in [1.29, 1.82) is 0 Å². The van der Waals surface area contributed by atoms with E-state index in [-0.39, 0.29) is 0 Å². The Labute approximate surface area is 92.4 Å². The summed E-state index contributed by atoms with van der Waals surface area (Å²) < 4.78 is 0. The molecule has 0 fully saturated rings. The van der Waals surface area contributed by atoms with Crippen LogP contribution in [0.3, 0.4) is 0 Å². The molecule has 0 amide bonds. The van der Waals surface area contributed by atoms with Crippen LogP contribution in [-0.2, 0) is 0 Å². The lowest BCUT2D eigenvalue weighted by molar-refractivity contribution is 0.747. The van der Waals surface area contributed by atoms with Gasteiger partial charge in [-0.1, -0.05) is 42.5 Å². The van der Waals surface area contributed by atoms with E-state index in [1.165, 1.54) is 30.4 Å². The fraction of sp³-hybridized carbons (Fsp3) is 0.333. The van der Waals surface area contributed by atoms with Crippen LogP contribution in [0.25, 0.3) is 0 Å². The molecule has 0 aromatic carbocycles. The van der Waals surface area contributed by atoms with Crippen molar-refractivity contribution in [2.45, 2.75) is 25.7 Å². The van der Waals surface area contributed by atoms with E-state index < -0.39 is 0 Å². The zero-order valence-electron chi connectivity index (χ0n) is 9.15. The Hall–Kier alpha value is -1.30. The largest absolute Gasteiger partial charge is 0.103 e. The number of unbranched alkanes of at least 4 members (excludes halogenated alkanes) is 2.